The number of H-pyrrole nitrogens is 1. The van der Waals surface area contributed by atoms with Crippen molar-refractivity contribution in [1.82, 2.24) is 25.1 Å². The van der Waals surface area contributed by atoms with Gasteiger partial charge in [0.05, 0.1) is 6.20 Å². The van der Waals surface area contributed by atoms with E-state index in [1.54, 1.807) is 4.68 Å². The lowest BCUT2D eigenvalue weighted by Gasteiger charge is -2.17. The first-order valence-corrected chi connectivity index (χ1v) is 8.57. The molecule has 4 aromatic rings. The highest BCUT2D eigenvalue weighted by Gasteiger charge is 2.19. The number of hydrogen-bond donors (Lipinski definition) is 2. The van der Waals surface area contributed by atoms with Crippen LogP contribution in [0.15, 0.2) is 49.1 Å². The summed E-state index contributed by atoms with van der Waals surface area (Å²) >= 11 is 0. The molecule has 0 atom stereocenters. The van der Waals surface area contributed by atoms with Crippen molar-refractivity contribution in [3.05, 3.63) is 60.2 Å². The summed E-state index contributed by atoms with van der Waals surface area (Å²) in [6.45, 7) is 0.686. The van der Waals surface area contributed by atoms with Crippen LogP contribution in [0.2, 0.25) is 0 Å². The van der Waals surface area contributed by atoms with Gasteiger partial charge in [0.25, 0.3) is 5.91 Å². The van der Waals surface area contributed by atoms with Gasteiger partial charge in [0.1, 0.15) is 5.65 Å². The molecule has 4 heterocycles. The van der Waals surface area contributed by atoms with Crippen molar-refractivity contribution in [3.63, 3.8) is 0 Å². The first-order chi connectivity index (χ1) is 12.7. The first kappa shape index (κ1) is 14.9. The maximum absolute atomic E-state index is 12.0. The summed E-state index contributed by atoms with van der Waals surface area (Å²) < 4.78 is 1.80. The third-order valence-corrected chi connectivity index (χ3v) is 4.93. The molecule has 6 heteroatoms. The Labute approximate surface area is 149 Å². The van der Waals surface area contributed by atoms with Crippen LogP contribution in [0.5, 0.6) is 0 Å². The van der Waals surface area contributed by atoms with Crippen molar-refractivity contribution in [3.8, 4) is 22.3 Å². The molecule has 0 unspecified atom stereocenters. The van der Waals surface area contributed by atoms with E-state index in [0.717, 1.165) is 50.8 Å². The van der Waals surface area contributed by atoms with Crippen molar-refractivity contribution in [2.45, 2.75) is 6.42 Å². The zero-order valence-electron chi connectivity index (χ0n) is 14.3. The van der Waals surface area contributed by atoms with Crippen molar-refractivity contribution in [2.75, 3.05) is 6.54 Å². The largest absolute Gasteiger partial charge is 0.352 e. The molecule has 0 spiro atoms. The standard InChI is InChI=1S/C20H17N5O/c1-25-11-14(9-24-25)15-5-7-21-19-18(15)17(10-23-19)12-2-3-16-13(8-12)4-6-22-20(16)26/h2-3,5,7-11H,4,6H2,1H3,(H,21,23)(H,22,26). The third kappa shape index (κ3) is 2.23. The minimum atomic E-state index is 0.00874. The van der Waals surface area contributed by atoms with E-state index in [4.69, 9.17) is 0 Å². The van der Waals surface area contributed by atoms with Crippen LogP contribution >= 0.6 is 0 Å². The lowest BCUT2D eigenvalue weighted by atomic mass is 9.93. The van der Waals surface area contributed by atoms with Gasteiger partial charge < -0.3 is 10.3 Å². The topological polar surface area (TPSA) is 75.6 Å². The average Bonchev–Trinajstić information content (AvgIpc) is 3.28. The van der Waals surface area contributed by atoms with E-state index in [-0.39, 0.29) is 5.91 Å². The van der Waals surface area contributed by atoms with Crippen LogP contribution in [0, 0.1) is 0 Å². The normalized spacial score (nSPS) is 13.7. The predicted molar refractivity (Wildman–Crippen MR) is 99.8 cm³/mol. The summed E-state index contributed by atoms with van der Waals surface area (Å²) in [4.78, 5) is 19.7. The molecule has 128 valence electrons. The van der Waals surface area contributed by atoms with Gasteiger partial charge >= 0.3 is 0 Å². The van der Waals surface area contributed by atoms with Crippen LogP contribution in [0.3, 0.4) is 0 Å². The summed E-state index contributed by atoms with van der Waals surface area (Å²) in [7, 11) is 1.91. The van der Waals surface area contributed by atoms with E-state index >= 15 is 0 Å². The summed E-state index contributed by atoms with van der Waals surface area (Å²) in [5.41, 5.74) is 7.02. The number of nitrogens with one attached hydrogen (secondary N) is 2. The number of benzene rings is 1. The zero-order valence-corrected chi connectivity index (χ0v) is 14.3. The second-order valence-electron chi connectivity index (χ2n) is 6.56. The predicted octanol–water partition coefficient (Wildman–Crippen LogP) is 2.92. The van der Waals surface area contributed by atoms with Gasteiger partial charge in [0, 0.05) is 54.3 Å². The molecule has 3 aromatic heterocycles. The van der Waals surface area contributed by atoms with Gasteiger partial charge in [0.15, 0.2) is 0 Å². The van der Waals surface area contributed by atoms with Crippen molar-refractivity contribution in [1.29, 1.82) is 0 Å². The monoisotopic (exact) mass is 343 g/mol. The van der Waals surface area contributed by atoms with Crippen LogP contribution in [-0.4, -0.2) is 32.2 Å². The Kier molecular flexibility index (Phi) is 3.18. The molecule has 1 amide bonds. The van der Waals surface area contributed by atoms with Gasteiger partial charge in [-0.25, -0.2) is 4.98 Å². The number of pyridine rings is 1. The highest BCUT2D eigenvalue weighted by Crippen LogP contribution is 2.36. The first-order valence-electron chi connectivity index (χ1n) is 8.57. The number of carbonyl (C=O) groups is 1. The highest BCUT2D eigenvalue weighted by atomic mass is 16.1. The number of aryl methyl sites for hydroxylation is 1. The summed E-state index contributed by atoms with van der Waals surface area (Å²) in [5, 5.41) is 8.25. The minimum Gasteiger partial charge on any atom is -0.352 e. The van der Waals surface area contributed by atoms with Crippen LogP contribution in [0.4, 0.5) is 0 Å². The molecule has 2 N–H and O–H groups in total. The molecule has 0 radical (unpaired) electrons. The molecular weight excluding hydrogens is 326 g/mol. The van der Waals surface area contributed by atoms with Crippen LogP contribution in [0.25, 0.3) is 33.3 Å². The second kappa shape index (κ2) is 5.56. The van der Waals surface area contributed by atoms with Crippen LogP contribution in [0.1, 0.15) is 15.9 Å². The molecule has 0 bridgehead atoms. The Morgan fingerprint density at radius 2 is 2.04 bits per heavy atom. The number of aromatic nitrogens is 4. The zero-order chi connectivity index (χ0) is 17.7. The molecule has 6 nitrogen and oxygen atoms in total. The Hall–Kier alpha value is -3.41. The van der Waals surface area contributed by atoms with E-state index < -0.39 is 0 Å². The van der Waals surface area contributed by atoms with E-state index in [1.165, 1.54) is 0 Å². The number of rotatable bonds is 2. The van der Waals surface area contributed by atoms with Gasteiger partial charge in [-0.1, -0.05) is 12.1 Å². The number of aromatic amines is 1. The van der Waals surface area contributed by atoms with Crippen LogP contribution in [-0.2, 0) is 13.5 Å². The Morgan fingerprint density at radius 1 is 1.12 bits per heavy atom. The molecule has 1 aliphatic heterocycles. The lowest BCUT2D eigenvalue weighted by molar-refractivity contribution is 0.0946. The summed E-state index contributed by atoms with van der Waals surface area (Å²) in [5.74, 6) is 0.00874. The molecule has 0 fully saturated rings. The molecule has 5 rings (SSSR count). The van der Waals surface area contributed by atoms with Gasteiger partial charge in [0.2, 0.25) is 0 Å². The fourth-order valence-corrected chi connectivity index (χ4v) is 3.68. The fraction of sp³-hybridized carbons (Fsp3) is 0.150. The highest BCUT2D eigenvalue weighted by molar-refractivity contribution is 6.04. The number of hydrogen-bond acceptors (Lipinski definition) is 3. The van der Waals surface area contributed by atoms with E-state index in [1.807, 2.05) is 50.0 Å². The van der Waals surface area contributed by atoms with Gasteiger partial charge in [-0.3, -0.25) is 9.48 Å². The molecule has 0 aliphatic carbocycles. The smallest absolute Gasteiger partial charge is 0.251 e. The van der Waals surface area contributed by atoms with Gasteiger partial charge in [-0.2, -0.15) is 5.10 Å². The van der Waals surface area contributed by atoms with Gasteiger partial charge in [-0.05, 0) is 35.2 Å². The SMILES string of the molecule is Cn1cc(-c2ccnc3[nH]cc(-c4ccc5c(c4)CCNC5=O)c23)cn1. The fourth-order valence-electron chi connectivity index (χ4n) is 3.68. The molecule has 1 aliphatic rings. The summed E-state index contributed by atoms with van der Waals surface area (Å²) in [6.07, 6.45) is 8.51. The number of amides is 1. The van der Waals surface area contributed by atoms with E-state index in [0.29, 0.717) is 6.54 Å². The Morgan fingerprint density at radius 3 is 2.88 bits per heavy atom. The average molecular weight is 343 g/mol. The molecular formula is C20H17N5O. The molecule has 0 saturated heterocycles. The molecule has 0 saturated carbocycles. The Balaban J connectivity index is 1.72. The maximum Gasteiger partial charge on any atom is 0.251 e. The van der Waals surface area contributed by atoms with Crippen molar-refractivity contribution >= 4 is 16.9 Å². The third-order valence-electron chi connectivity index (χ3n) is 4.93. The Bertz CT molecular complexity index is 1150. The number of carbonyl (C=O) groups excluding carboxylic acids is 1. The maximum atomic E-state index is 12.0. The van der Waals surface area contributed by atoms with Crippen LogP contribution < -0.4 is 5.32 Å². The van der Waals surface area contributed by atoms with Crippen molar-refractivity contribution in [2.24, 2.45) is 7.05 Å². The molecule has 26 heavy (non-hydrogen) atoms. The quantitative estimate of drug-likeness (QED) is 0.588. The second-order valence-corrected chi connectivity index (χ2v) is 6.56. The number of fused-ring (bicyclic) bond motifs is 2. The van der Waals surface area contributed by atoms with E-state index in [2.05, 4.69) is 26.4 Å². The van der Waals surface area contributed by atoms with E-state index in [9.17, 15) is 4.79 Å². The minimum absolute atomic E-state index is 0.00874. The summed E-state index contributed by atoms with van der Waals surface area (Å²) in [6, 6.07) is 8.06. The lowest BCUT2D eigenvalue weighted by Crippen LogP contribution is -2.31. The number of nitrogens with zero attached hydrogens (tertiary/aromatic N) is 3. The van der Waals surface area contributed by atoms with Crippen molar-refractivity contribution < 1.29 is 4.79 Å². The van der Waals surface area contributed by atoms with Gasteiger partial charge in [-0.15, -0.1) is 0 Å². The molecule has 1 aromatic carbocycles.